The van der Waals surface area contributed by atoms with E-state index in [0.29, 0.717) is 23.3 Å². The van der Waals surface area contributed by atoms with E-state index in [-0.39, 0.29) is 5.41 Å². The molecular weight excluding hydrogens is 260 g/mol. The number of hydrogen-bond donors (Lipinski definition) is 1. The Bertz CT molecular complexity index is 353. The lowest BCUT2D eigenvalue weighted by molar-refractivity contribution is -0.136. The fourth-order valence-electron chi connectivity index (χ4n) is 6.13. The molecule has 0 aromatic heterocycles. The van der Waals surface area contributed by atoms with Gasteiger partial charge in [-0.3, -0.25) is 0 Å². The molecule has 0 unspecified atom stereocenters. The first kappa shape index (κ1) is 15.1. The quantitative estimate of drug-likeness (QED) is 0.708. The van der Waals surface area contributed by atoms with Gasteiger partial charge in [-0.25, -0.2) is 4.79 Å². The van der Waals surface area contributed by atoms with Crippen molar-refractivity contribution in [3.05, 3.63) is 12.2 Å². The second kappa shape index (κ2) is 6.14. The molecule has 1 N–H and O–H groups in total. The molecule has 0 aromatic carbocycles. The second-order valence-electron chi connectivity index (χ2n) is 7.66. The molecule has 0 bridgehead atoms. The van der Waals surface area contributed by atoms with Gasteiger partial charge in [0.2, 0.25) is 0 Å². The Balaban J connectivity index is 2.03. The molecule has 0 aromatic rings. The van der Waals surface area contributed by atoms with Gasteiger partial charge in [0.25, 0.3) is 0 Å². The minimum absolute atomic E-state index is 0.0741. The first-order valence-corrected chi connectivity index (χ1v) is 9.10. The number of carboxylic acids is 1. The van der Waals surface area contributed by atoms with Crippen molar-refractivity contribution in [2.45, 2.75) is 77.0 Å². The van der Waals surface area contributed by atoms with Crippen LogP contribution < -0.4 is 0 Å². The van der Waals surface area contributed by atoms with Crippen LogP contribution in [0.2, 0.25) is 0 Å². The molecule has 0 amide bonds. The molecule has 0 saturated heterocycles. The smallest absolute Gasteiger partial charge is 0.331 e. The van der Waals surface area contributed by atoms with Crippen LogP contribution in [0.4, 0.5) is 0 Å². The summed E-state index contributed by atoms with van der Waals surface area (Å²) in [5.74, 6) is 1.05. The average molecular weight is 290 g/mol. The highest BCUT2D eigenvalue weighted by Crippen LogP contribution is 2.61. The highest BCUT2D eigenvalue weighted by atomic mass is 16.4. The van der Waals surface area contributed by atoms with Crippen molar-refractivity contribution in [3.63, 3.8) is 0 Å². The molecule has 0 aliphatic heterocycles. The molecule has 3 aliphatic rings. The largest absolute Gasteiger partial charge is 0.478 e. The van der Waals surface area contributed by atoms with Gasteiger partial charge in [-0.1, -0.05) is 45.1 Å². The van der Waals surface area contributed by atoms with Crippen LogP contribution in [0.15, 0.2) is 12.2 Å². The van der Waals surface area contributed by atoms with Crippen LogP contribution >= 0.6 is 0 Å². The SMILES string of the molecule is C=C(C(=O)O)C(C1CCCC1)(C1CCCC1)C1CCCC1. The van der Waals surface area contributed by atoms with Gasteiger partial charge in [-0.15, -0.1) is 0 Å². The molecule has 0 atom stereocenters. The summed E-state index contributed by atoms with van der Waals surface area (Å²) in [6.07, 6.45) is 15.2. The Morgan fingerprint density at radius 1 is 0.762 bits per heavy atom. The minimum Gasteiger partial charge on any atom is -0.478 e. The zero-order valence-electron chi connectivity index (χ0n) is 13.3. The van der Waals surface area contributed by atoms with Crippen molar-refractivity contribution in [2.24, 2.45) is 23.2 Å². The number of carbonyl (C=O) groups is 1. The number of rotatable bonds is 5. The van der Waals surface area contributed by atoms with Gasteiger partial charge in [0.05, 0.1) is 0 Å². The van der Waals surface area contributed by atoms with E-state index in [2.05, 4.69) is 6.58 Å². The lowest BCUT2D eigenvalue weighted by atomic mass is 9.54. The molecule has 2 nitrogen and oxygen atoms in total. The van der Waals surface area contributed by atoms with E-state index < -0.39 is 5.97 Å². The topological polar surface area (TPSA) is 37.3 Å². The first-order valence-electron chi connectivity index (χ1n) is 9.10. The molecule has 0 radical (unpaired) electrons. The van der Waals surface area contributed by atoms with Crippen LogP contribution in [0, 0.1) is 23.2 Å². The lowest BCUT2D eigenvalue weighted by Gasteiger charge is -2.49. The summed E-state index contributed by atoms with van der Waals surface area (Å²) in [6.45, 7) is 4.16. The lowest BCUT2D eigenvalue weighted by Crippen LogP contribution is -2.45. The van der Waals surface area contributed by atoms with Gasteiger partial charge in [0, 0.05) is 11.0 Å². The molecule has 21 heavy (non-hydrogen) atoms. The van der Waals surface area contributed by atoms with Crippen molar-refractivity contribution in [3.8, 4) is 0 Å². The second-order valence-corrected chi connectivity index (χ2v) is 7.66. The highest BCUT2D eigenvalue weighted by molar-refractivity contribution is 5.87. The molecule has 2 heteroatoms. The monoisotopic (exact) mass is 290 g/mol. The van der Waals surface area contributed by atoms with Crippen molar-refractivity contribution in [1.82, 2.24) is 0 Å². The molecule has 3 saturated carbocycles. The Kier molecular flexibility index (Phi) is 4.42. The summed E-state index contributed by atoms with van der Waals surface area (Å²) in [6, 6.07) is 0. The predicted octanol–water partition coefficient (Wildman–Crippen LogP) is 5.18. The number of carboxylic acid groups (broad SMARTS) is 1. The minimum atomic E-state index is -0.722. The summed E-state index contributed by atoms with van der Waals surface area (Å²) in [5.41, 5.74) is 0.503. The van der Waals surface area contributed by atoms with Crippen molar-refractivity contribution in [1.29, 1.82) is 0 Å². The van der Waals surface area contributed by atoms with Crippen molar-refractivity contribution in [2.75, 3.05) is 0 Å². The molecule has 3 fully saturated rings. The normalized spacial score (nSPS) is 25.7. The standard InChI is InChI=1S/C19H30O2/c1-14(18(20)21)19(15-8-2-3-9-15,16-10-4-5-11-16)17-12-6-7-13-17/h15-17H,1-13H2,(H,20,21). The van der Waals surface area contributed by atoms with E-state index in [1.54, 1.807) is 0 Å². The summed E-state index contributed by atoms with van der Waals surface area (Å²) in [5, 5.41) is 9.80. The van der Waals surface area contributed by atoms with Gasteiger partial charge in [0.1, 0.15) is 0 Å². The summed E-state index contributed by atoms with van der Waals surface area (Å²) < 4.78 is 0. The maximum atomic E-state index is 11.9. The zero-order chi connectivity index (χ0) is 14.9. The third-order valence-electron chi connectivity index (χ3n) is 6.87. The summed E-state index contributed by atoms with van der Waals surface area (Å²) in [4.78, 5) is 11.9. The Morgan fingerprint density at radius 3 is 1.29 bits per heavy atom. The van der Waals surface area contributed by atoms with Crippen LogP contribution in [0.25, 0.3) is 0 Å². The molecular formula is C19H30O2. The van der Waals surface area contributed by atoms with Gasteiger partial charge in [-0.05, 0) is 56.3 Å². The zero-order valence-corrected chi connectivity index (χ0v) is 13.3. The molecule has 3 aliphatic carbocycles. The molecule has 3 rings (SSSR count). The number of hydrogen-bond acceptors (Lipinski definition) is 1. The third-order valence-corrected chi connectivity index (χ3v) is 6.87. The van der Waals surface area contributed by atoms with Crippen LogP contribution in [-0.4, -0.2) is 11.1 Å². The fourth-order valence-corrected chi connectivity index (χ4v) is 6.13. The number of aliphatic carboxylic acids is 1. The van der Waals surface area contributed by atoms with E-state index in [0.717, 1.165) is 0 Å². The average Bonchev–Trinajstić information content (AvgIpc) is 3.24. The maximum absolute atomic E-state index is 11.9. The van der Waals surface area contributed by atoms with Gasteiger partial charge >= 0.3 is 5.97 Å². The van der Waals surface area contributed by atoms with Crippen LogP contribution in [0.3, 0.4) is 0 Å². The van der Waals surface area contributed by atoms with Gasteiger partial charge in [-0.2, -0.15) is 0 Å². The maximum Gasteiger partial charge on any atom is 0.331 e. The first-order chi connectivity index (χ1) is 10.2. The molecule has 0 heterocycles. The van der Waals surface area contributed by atoms with E-state index in [9.17, 15) is 9.90 Å². The van der Waals surface area contributed by atoms with Crippen LogP contribution in [-0.2, 0) is 4.79 Å². The van der Waals surface area contributed by atoms with E-state index in [4.69, 9.17) is 0 Å². The summed E-state index contributed by atoms with van der Waals surface area (Å²) in [7, 11) is 0. The Hall–Kier alpha value is -0.790. The molecule has 118 valence electrons. The van der Waals surface area contributed by atoms with Crippen molar-refractivity contribution < 1.29 is 9.90 Å². The van der Waals surface area contributed by atoms with Gasteiger partial charge in [0.15, 0.2) is 0 Å². The fraction of sp³-hybridized carbons (Fsp3) is 0.842. The van der Waals surface area contributed by atoms with Crippen LogP contribution in [0.5, 0.6) is 0 Å². The van der Waals surface area contributed by atoms with Gasteiger partial charge < -0.3 is 5.11 Å². The predicted molar refractivity (Wildman–Crippen MR) is 85.1 cm³/mol. The highest BCUT2D eigenvalue weighted by Gasteiger charge is 2.55. The van der Waals surface area contributed by atoms with E-state index in [1.807, 2.05) is 0 Å². The van der Waals surface area contributed by atoms with Crippen molar-refractivity contribution >= 4 is 5.97 Å². The Morgan fingerprint density at radius 2 is 1.05 bits per heavy atom. The summed E-state index contributed by atoms with van der Waals surface area (Å²) >= 11 is 0. The van der Waals surface area contributed by atoms with E-state index >= 15 is 0 Å². The Labute approximate surface area is 129 Å². The molecule has 0 spiro atoms. The van der Waals surface area contributed by atoms with Crippen LogP contribution in [0.1, 0.15) is 77.0 Å². The van der Waals surface area contributed by atoms with E-state index in [1.165, 1.54) is 77.0 Å². The third kappa shape index (κ3) is 2.45.